The van der Waals surface area contributed by atoms with E-state index in [1.54, 1.807) is 6.07 Å². The number of rotatable bonds is 2. The van der Waals surface area contributed by atoms with Crippen LogP contribution < -0.4 is 0 Å². The lowest BCUT2D eigenvalue weighted by Crippen LogP contribution is -1.87. The summed E-state index contributed by atoms with van der Waals surface area (Å²) in [5, 5.41) is 0.817. The van der Waals surface area contributed by atoms with Crippen molar-refractivity contribution in [1.29, 1.82) is 0 Å². The number of hydrogen-bond donors (Lipinski definition) is 0. The second-order valence-electron chi connectivity index (χ2n) is 3.22. The van der Waals surface area contributed by atoms with E-state index in [9.17, 15) is 13.6 Å². The van der Waals surface area contributed by atoms with Crippen LogP contribution in [0, 0.1) is 0 Å². The third-order valence-electron chi connectivity index (χ3n) is 1.83. The molecule has 0 saturated heterocycles. The topological polar surface area (TPSA) is 42.9 Å². The molecule has 0 aliphatic rings. The van der Waals surface area contributed by atoms with Crippen LogP contribution in [0.3, 0.4) is 0 Å². The summed E-state index contributed by atoms with van der Waals surface area (Å²) in [5.74, 6) is 0. The standard InChI is InChI=1S/C6H4ClF2N.C6H4ClNO/c7-4-1-2-10-5(3-4)6(8)9;7-5-1-2-8-6(3-5)4-9/h1-3,6H;1-4H. The number of pyridine rings is 2. The molecule has 0 fully saturated rings. The number of nitrogens with zero attached hydrogens (tertiary/aromatic N) is 2. The summed E-state index contributed by atoms with van der Waals surface area (Å²) in [6.07, 6.45) is 0.862. The van der Waals surface area contributed by atoms with Gasteiger partial charge in [0.1, 0.15) is 11.4 Å². The molecule has 2 aromatic rings. The summed E-state index contributed by atoms with van der Waals surface area (Å²) >= 11 is 10.9. The predicted octanol–water partition coefficient (Wildman–Crippen LogP) is 4.22. The lowest BCUT2D eigenvalue weighted by molar-refractivity contribution is 0.111. The van der Waals surface area contributed by atoms with Gasteiger partial charge in [0.05, 0.1) is 0 Å². The van der Waals surface area contributed by atoms with Crippen molar-refractivity contribution in [2.75, 3.05) is 0 Å². The molecular formula is C12H8Cl2F2N2O. The first-order valence-corrected chi connectivity index (χ1v) is 5.75. The fourth-order valence-corrected chi connectivity index (χ4v) is 1.36. The molecule has 0 bridgehead atoms. The summed E-state index contributed by atoms with van der Waals surface area (Å²) < 4.78 is 23.7. The quantitative estimate of drug-likeness (QED) is 0.780. The van der Waals surface area contributed by atoms with Gasteiger partial charge in [-0.1, -0.05) is 23.2 Å². The third kappa shape index (κ3) is 5.72. The second-order valence-corrected chi connectivity index (χ2v) is 4.09. The van der Waals surface area contributed by atoms with E-state index in [1.807, 2.05) is 0 Å². The van der Waals surface area contributed by atoms with Crippen molar-refractivity contribution < 1.29 is 13.6 Å². The van der Waals surface area contributed by atoms with Gasteiger partial charge in [0.25, 0.3) is 6.43 Å². The summed E-state index contributed by atoms with van der Waals surface area (Å²) in [5.41, 5.74) is 0.0787. The van der Waals surface area contributed by atoms with Gasteiger partial charge in [-0.25, -0.2) is 8.78 Å². The minimum atomic E-state index is -2.54. The average molecular weight is 305 g/mol. The Kier molecular flexibility index (Phi) is 6.32. The van der Waals surface area contributed by atoms with E-state index < -0.39 is 6.43 Å². The molecular weight excluding hydrogens is 297 g/mol. The number of halogens is 4. The van der Waals surface area contributed by atoms with Gasteiger partial charge >= 0.3 is 0 Å². The Balaban J connectivity index is 0.000000191. The molecule has 0 aliphatic heterocycles. The molecule has 3 nitrogen and oxygen atoms in total. The fourth-order valence-electron chi connectivity index (χ4n) is 1.03. The number of aromatic nitrogens is 2. The average Bonchev–Trinajstić information content (AvgIpc) is 2.39. The lowest BCUT2D eigenvalue weighted by atomic mass is 10.4. The Labute approximate surface area is 118 Å². The highest BCUT2D eigenvalue weighted by Gasteiger charge is 2.07. The van der Waals surface area contributed by atoms with E-state index in [-0.39, 0.29) is 10.7 Å². The molecule has 0 aliphatic carbocycles. The van der Waals surface area contributed by atoms with E-state index in [1.165, 1.54) is 24.5 Å². The van der Waals surface area contributed by atoms with Crippen molar-refractivity contribution in [3.05, 3.63) is 58.1 Å². The van der Waals surface area contributed by atoms with Crippen LogP contribution >= 0.6 is 23.2 Å². The zero-order valence-corrected chi connectivity index (χ0v) is 10.9. The number of carbonyl (C=O) groups is 1. The van der Waals surface area contributed by atoms with Crippen molar-refractivity contribution in [2.24, 2.45) is 0 Å². The van der Waals surface area contributed by atoms with Crippen LogP contribution in [0.4, 0.5) is 8.78 Å². The first kappa shape index (κ1) is 15.5. The molecule has 0 aromatic carbocycles. The van der Waals surface area contributed by atoms with Crippen molar-refractivity contribution in [3.8, 4) is 0 Å². The third-order valence-corrected chi connectivity index (χ3v) is 2.30. The van der Waals surface area contributed by atoms with Crippen LogP contribution in [0.15, 0.2) is 36.7 Å². The SMILES string of the molecule is FC(F)c1cc(Cl)ccn1.O=Cc1cc(Cl)ccn1. The van der Waals surface area contributed by atoms with E-state index in [4.69, 9.17) is 23.2 Å². The van der Waals surface area contributed by atoms with E-state index in [0.29, 0.717) is 17.0 Å². The van der Waals surface area contributed by atoms with Gasteiger partial charge in [-0.15, -0.1) is 0 Å². The summed E-state index contributed by atoms with van der Waals surface area (Å²) in [4.78, 5) is 17.1. The van der Waals surface area contributed by atoms with Gasteiger partial charge in [-0.2, -0.15) is 0 Å². The minimum Gasteiger partial charge on any atom is -0.296 e. The summed E-state index contributed by atoms with van der Waals surface area (Å²) in [7, 11) is 0. The van der Waals surface area contributed by atoms with Crippen LogP contribution in [-0.4, -0.2) is 16.3 Å². The number of aldehydes is 1. The van der Waals surface area contributed by atoms with Crippen LogP contribution in [0.1, 0.15) is 22.6 Å². The molecule has 2 heterocycles. The van der Waals surface area contributed by atoms with E-state index in [0.717, 1.165) is 6.07 Å². The summed E-state index contributed by atoms with van der Waals surface area (Å²) in [6, 6.07) is 5.72. The van der Waals surface area contributed by atoms with Crippen molar-refractivity contribution in [2.45, 2.75) is 6.43 Å². The van der Waals surface area contributed by atoms with Crippen molar-refractivity contribution in [1.82, 2.24) is 9.97 Å². The molecule has 2 aromatic heterocycles. The van der Waals surface area contributed by atoms with Gasteiger partial charge in [0.2, 0.25) is 0 Å². The Morgan fingerprint density at radius 2 is 1.63 bits per heavy atom. The van der Waals surface area contributed by atoms with Crippen LogP contribution in [0.5, 0.6) is 0 Å². The van der Waals surface area contributed by atoms with Crippen molar-refractivity contribution >= 4 is 29.5 Å². The van der Waals surface area contributed by atoms with Gasteiger partial charge in [-0.05, 0) is 24.3 Å². The molecule has 0 N–H and O–H groups in total. The molecule has 0 radical (unpaired) electrons. The summed E-state index contributed by atoms with van der Waals surface area (Å²) in [6.45, 7) is 0. The predicted molar refractivity (Wildman–Crippen MR) is 68.8 cm³/mol. The maximum Gasteiger partial charge on any atom is 0.280 e. The Hall–Kier alpha value is -1.59. The normalized spacial score (nSPS) is 9.74. The molecule has 100 valence electrons. The zero-order chi connectivity index (χ0) is 14.3. The molecule has 0 saturated carbocycles. The van der Waals surface area contributed by atoms with Crippen LogP contribution in [-0.2, 0) is 0 Å². The highest BCUT2D eigenvalue weighted by atomic mass is 35.5. The van der Waals surface area contributed by atoms with Crippen LogP contribution in [0.2, 0.25) is 10.0 Å². The zero-order valence-electron chi connectivity index (χ0n) is 9.43. The Bertz CT molecular complexity index is 553. The van der Waals surface area contributed by atoms with Gasteiger partial charge < -0.3 is 0 Å². The van der Waals surface area contributed by atoms with Gasteiger partial charge in [-0.3, -0.25) is 14.8 Å². The van der Waals surface area contributed by atoms with Gasteiger partial charge in [0, 0.05) is 22.4 Å². The van der Waals surface area contributed by atoms with Gasteiger partial charge in [0.15, 0.2) is 6.29 Å². The Morgan fingerprint density at radius 3 is 2.00 bits per heavy atom. The smallest absolute Gasteiger partial charge is 0.280 e. The second kappa shape index (κ2) is 7.76. The monoisotopic (exact) mass is 304 g/mol. The molecule has 0 atom stereocenters. The highest BCUT2D eigenvalue weighted by molar-refractivity contribution is 6.30. The molecule has 0 spiro atoms. The maximum absolute atomic E-state index is 11.8. The van der Waals surface area contributed by atoms with E-state index >= 15 is 0 Å². The molecule has 19 heavy (non-hydrogen) atoms. The first-order valence-electron chi connectivity index (χ1n) is 4.99. The van der Waals surface area contributed by atoms with Crippen molar-refractivity contribution in [3.63, 3.8) is 0 Å². The Morgan fingerprint density at radius 1 is 1.05 bits per heavy atom. The highest BCUT2D eigenvalue weighted by Crippen LogP contribution is 2.18. The van der Waals surface area contributed by atoms with E-state index in [2.05, 4.69) is 9.97 Å². The lowest BCUT2D eigenvalue weighted by Gasteiger charge is -1.96. The molecule has 2 rings (SSSR count). The molecule has 7 heteroatoms. The van der Waals surface area contributed by atoms with Crippen LogP contribution in [0.25, 0.3) is 0 Å². The fraction of sp³-hybridized carbons (Fsp3) is 0.0833. The number of carbonyl (C=O) groups excluding carboxylic acids is 1. The number of hydrogen-bond acceptors (Lipinski definition) is 3. The first-order chi connectivity index (χ1) is 9.02. The molecule has 0 unspecified atom stereocenters. The molecule has 0 amide bonds. The minimum absolute atomic E-state index is 0.283. The largest absolute Gasteiger partial charge is 0.296 e. The number of alkyl halides is 2. The maximum atomic E-state index is 11.8.